The molecule has 0 N–H and O–H groups in total. The molecule has 0 spiro atoms. The van der Waals surface area contributed by atoms with Crippen LogP contribution in [0.15, 0.2) is 72.8 Å². The van der Waals surface area contributed by atoms with Gasteiger partial charge in [0.1, 0.15) is 11.8 Å². The lowest BCUT2D eigenvalue weighted by Crippen LogP contribution is -2.61. The number of para-hydroxylation sites is 1. The maximum atomic E-state index is 13.0. The van der Waals surface area contributed by atoms with E-state index in [1.165, 1.54) is 5.56 Å². The molecule has 0 unspecified atom stereocenters. The van der Waals surface area contributed by atoms with Gasteiger partial charge in [-0.25, -0.2) is 0 Å². The number of halogens is 1. The first-order chi connectivity index (χ1) is 13.1. The molecule has 3 aromatic rings. The van der Waals surface area contributed by atoms with Crippen molar-refractivity contribution in [2.75, 3.05) is 4.90 Å². The van der Waals surface area contributed by atoms with Crippen molar-refractivity contribution >= 4 is 23.2 Å². The Hall–Kier alpha value is -2.78. The fourth-order valence-corrected chi connectivity index (χ4v) is 3.65. The van der Waals surface area contributed by atoms with Crippen LogP contribution in [0.3, 0.4) is 0 Å². The standard InChI is InChI=1S/C23H20ClNO2/c1-15-12-13-17(14-16(15)2)25-21(19-10-6-7-11-20(19)24)22(23(25)26)27-18-8-4-3-5-9-18/h3-14,21-22H,1-2H3/t21-,22-/m0/s1. The second-order valence-corrected chi connectivity index (χ2v) is 7.20. The van der Waals surface area contributed by atoms with E-state index in [4.69, 9.17) is 16.3 Å². The smallest absolute Gasteiger partial charge is 0.271 e. The molecular weight excluding hydrogens is 358 g/mol. The van der Waals surface area contributed by atoms with Crippen LogP contribution in [0.1, 0.15) is 22.7 Å². The Balaban J connectivity index is 1.73. The Morgan fingerprint density at radius 3 is 2.30 bits per heavy atom. The number of β-lactam (4-membered cyclic amide) rings is 1. The summed E-state index contributed by atoms with van der Waals surface area (Å²) in [4.78, 5) is 14.8. The van der Waals surface area contributed by atoms with Crippen LogP contribution in [-0.4, -0.2) is 12.0 Å². The first-order valence-corrected chi connectivity index (χ1v) is 9.30. The first-order valence-electron chi connectivity index (χ1n) is 8.93. The quantitative estimate of drug-likeness (QED) is 0.562. The van der Waals surface area contributed by atoms with E-state index < -0.39 is 6.10 Å². The molecule has 0 aromatic heterocycles. The summed E-state index contributed by atoms with van der Waals surface area (Å²) in [5.41, 5.74) is 4.09. The maximum Gasteiger partial charge on any atom is 0.271 e. The van der Waals surface area contributed by atoms with Crippen LogP contribution in [0.5, 0.6) is 5.75 Å². The Bertz CT molecular complexity index is 987. The lowest BCUT2D eigenvalue weighted by Gasteiger charge is -2.47. The van der Waals surface area contributed by atoms with Gasteiger partial charge in [0.25, 0.3) is 5.91 Å². The topological polar surface area (TPSA) is 29.5 Å². The van der Waals surface area contributed by atoms with Crippen molar-refractivity contribution in [3.8, 4) is 5.75 Å². The lowest BCUT2D eigenvalue weighted by molar-refractivity contribution is -0.135. The van der Waals surface area contributed by atoms with Crippen LogP contribution in [0.25, 0.3) is 0 Å². The fraction of sp³-hybridized carbons (Fsp3) is 0.174. The number of carbonyl (C=O) groups is 1. The van der Waals surface area contributed by atoms with E-state index in [2.05, 4.69) is 6.92 Å². The Labute approximate surface area is 164 Å². The number of carbonyl (C=O) groups excluding carboxylic acids is 1. The summed E-state index contributed by atoms with van der Waals surface area (Å²) in [5.74, 6) is 0.611. The van der Waals surface area contributed by atoms with E-state index in [1.807, 2.05) is 79.7 Å². The number of hydrogen-bond donors (Lipinski definition) is 0. The fourth-order valence-electron chi connectivity index (χ4n) is 3.40. The molecule has 0 saturated carbocycles. The number of ether oxygens (including phenoxy) is 1. The van der Waals surface area contributed by atoms with Gasteiger partial charge in [-0.3, -0.25) is 9.69 Å². The predicted molar refractivity (Wildman–Crippen MR) is 108 cm³/mol. The highest BCUT2D eigenvalue weighted by Gasteiger charge is 2.51. The van der Waals surface area contributed by atoms with Crippen molar-refractivity contribution in [2.24, 2.45) is 0 Å². The van der Waals surface area contributed by atoms with Gasteiger partial charge in [0.15, 0.2) is 0 Å². The van der Waals surface area contributed by atoms with Gasteiger partial charge in [-0.1, -0.05) is 54.1 Å². The summed E-state index contributed by atoms with van der Waals surface area (Å²) < 4.78 is 6.04. The molecule has 136 valence electrons. The first kappa shape index (κ1) is 17.6. The molecule has 27 heavy (non-hydrogen) atoms. The van der Waals surface area contributed by atoms with Gasteiger partial charge in [-0.05, 0) is 60.9 Å². The largest absolute Gasteiger partial charge is 0.478 e. The van der Waals surface area contributed by atoms with Crippen molar-refractivity contribution in [1.29, 1.82) is 0 Å². The van der Waals surface area contributed by atoms with Crippen molar-refractivity contribution in [2.45, 2.75) is 26.0 Å². The van der Waals surface area contributed by atoms with Crippen LogP contribution < -0.4 is 9.64 Å². The molecular formula is C23H20ClNO2. The summed E-state index contributed by atoms with van der Waals surface area (Å²) in [6, 6.07) is 22.8. The van der Waals surface area contributed by atoms with E-state index in [0.29, 0.717) is 10.8 Å². The summed E-state index contributed by atoms with van der Waals surface area (Å²) >= 11 is 6.46. The van der Waals surface area contributed by atoms with E-state index in [-0.39, 0.29) is 11.9 Å². The van der Waals surface area contributed by atoms with Crippen molar-refractivity contribution in [3.05, 3.63) is 94.5 Å². The van der Waals surface area contributed by atoms with Gasteiger partial charge < -0.3 is 4.74 Å². The van der Waals surface area contributed by atoms with Crippen LogP contribution in [0.2, 0.25) is 5.02 Å². The highest BCUT2D eigenvalue weighted by Crippen LogP contribution is 2.43. The number of benzene rings is 3. The van der Waals surface area contributed by atoms with Crippen molar-refractivity contribution in [1.82, 2.24) is 0 Å². The van der Waals surface area contributed by atoms with Crippen molar-refractivity contribution in [3.63, 3.8) is 0 Å². The zero-order valence-electron chi connectivity index (χ0n) is 15.2. The minimum Gasteiger partial charge on any atom is -0.478 e. The molecule has 3 nitrogen and oxygen atoms in total. The van der Waals surface area contributed by atoms with Gasteiger partial charge in [-0.2, -0.15) is 0 Å². The number of rotatable bonds is 4. The van der Waals surface area contributed by atoms with Crippen LogP contribution >= 0.6 is 11.6 Å². The summed E-state index contributed by atoms with van der Waals surface area (Å²) in [5, 5.41) is 0.630. The molecule has 0 aliphatic carbocycles. The molecule has 1 aliphatic rings. The molecule has 0 bridgehead atoms. The van der Waals surface area contributed by atoms with Gasteiger partial charge >= 0.3 is 0 Å². The zero-order valence-corrected chi connectivity index (χ0v) is 16.0. The molecule has 1 amide bonds. The third-order valence-electron chi connectivity index (χ3n) is 5.04. The molecule has 0 radical (unpaired) electrons. The normalized spacial score (nSPS) is 18.9. The van der Waals surface area contributed by atoms with E-state index in [9.17, 15) is 4.79 Å². The lowest BCUT2D eigenvalue weighted by atomic mass is 9.89. The maximum absolute atomic E-state index is 13.0. The Morgan fingerprint density at radius 2 is 1.59 bits per heavy atom. The average molecular weight is 378 g/mol. The third kappa shape index (κ3) is 3.19. The third-order valence-corrected chi connectivity index (χ3v) is 5.39. The van der Waals surface area contributed by atoms with Crippen molar-refractivity contribution < 1.29 is 9.53 Å². The number of aryl methyl sites for hydroxylation is 2. The number of hydrogen-bond acceptors (Lipinski definition) is 2. The minimum absolute atomic E-state index is 0.0629. The molecule has 4 heteroatoms. The monoisotopic (exact) mass is 377 g/mol. The van der Waals surface area contributed by atoms with Crippen LogP contribution in [0, 0.1) is 13.8 Å². The Kier molecular flexibility index (Phi) is 4.63. The van der Waals surface area contributed by atoms with Gasteiger partial charge in [0.05, 0.1) is 0 Å². The highest BCUT2D eigenvalue weighted by molar-refractivity contribution is 6.31. The summed E-state index contributed by atoms with van der Waals surface area (Å²) in [6.07, 6.45) is -0.603. The summed E-state index contributed by atoms with van der Waals surface area (Å²) in [6.45, 7) is 4.11. The number of anilines is 1. The highest BCUT2D eigenvalue weighted by atomic mass is 35.5. The number of nitrogens with zero attached hydrogens (tertiary/aromatic N) is 1. The molecule has 1 heterocycles. The van der Waals surface area contributed by atoms with Crippen LogP contribution in [0.4, 0.5) is 5.69 Å². The van der Waals surface area contributed by atoms with Gasteiger partial charge in [-0.15, -0.1) is 0 Å². The SMILES string of the molecule is Cc1ccc(N2C(=O)[C@@H](Oc3ccccc3)[C@@H]2c2ccccc2Cl)cc1C. The molecule has 1 saturated heterocycles. The zero-order chi connectivity index (χ0) is 19.0. The molecule has 1 aliphatic heterocycles. The van der Waals surface area contributed by atoms with Crippen LogP contribution in [-0.2, 0) is 4.79 Å². The average Bonchev–Trinajstić information content (AvgIpc) is 2.68. The van der Waals surface area contributed by atoms with E-state index >= 15 is 0 Å². The van der Waals surface area contributed by atoms with Gasteiger partial charge in [0.2, 0.25) is 6.10 Å². The molecule has 3 aromatic carbocycles. The second-order valence-electron chi connectivity index (χ2n) is 6.79. The summed E-state index contributed by atoms with van der Waals surface area (Å²) in [7, 11) is 0. The molecule has 2 atom stereocenters. The number of amides is 1. The molecule has 4 rings (SSSR count). The minimum atomic E-state index is -0.603. The predicted octanol–water partition coefficient (Wildman–Crippen LogP) is 5.49. The van der Waals surface area contributed by atoms with Gasteiger partial charge in [0, 0.05) is 10.7 Å². The van der Waals surface area contributed by atoms with E-state index in [0.717, 1.165) is 16.8 Å². The Morgan fingerprint density at radius 1 is 0.889 bits per heavy atom. The second kappa shape index (κ2) is 7.09. The molecule has 1 fully saturated rings. The van der Waals surface area contributed by atoms with E-state index in [1.54, 1.807) is 4.90 Å².